The molecule has 2 rings (SSSR count). The fourth-order valence-corrected chi connectivity index (χ4v) is 3.03. The van der Waals surface area contributed by atoms with Gasteiger partial charge in [-0.3, -0.25) is 4.79 Å². The summed E-state index contributed by atoms with van der Waals surface area (Å²) in [6.07, 6.45) is 3.15. The van der Waals surface area contributed by atoms with Gasteiger partial charge in [0.2, 0.25) is 0 Å². The average Bonchev–Trinajstić information content (AvgIpc) is 2.99. The summed E-state index contributed by atoms with van der Waals surface area (Å²) in [5.74, 6) is 0.444. The summed E-state index contributed by atoms with van der Waals surface area (Å²) >= 11 is 1.41. The molecule has 0 fully saturated rings. The first-order chi connectivity index (χ1) is 11.2. The van der Waals surface area contributed by atoms with Crippen LogP contribution in [-0.2, 0) is 11.2 Å². The molecule has 23 heavy (non-hydrogen) atoms. The largest absolute Gasteiger partial charge is 0.493 e. The van der Waals surface area contributed by atoms with E-state index in [4.69, 9.17) is 14.6 Å². The zero-order chi connectivity index (χ0) is 16.7. The van der Waals surface area contributed by atoms with Crippen molar-refractivity contribution in [3.63, 3.8) is 0 Å². The molecule has 0 spiro atoms. The zero-order valence-electron chi connectivity index (χ0n) is 13.4. The average molecular weight is 335 g/mol. The number of nitrogens with zero attached hydrogens (tertiary/aromatic N) is 1. The molecule has 0 saturated heterocycles. The number of aromatic nitrogens is 1. The molecular weight excluding hydrogens is 314 g/mol. The maximum Gasteiger partial charge on any atom is 0.309 e. The second-order valence-corrected chi connectivity index (χ2v) is 5.97. The summed E-state index contributed by atoms with van der Waals surface area (Å²) in [7, 11) is 1.61. The van der Waals surface area contributed by atoms with Gasteiger partial charge in [0.1, 0.15) is 5.01 Å². The van der Waals surface area contributed by atoms with E-state index in [1.807, 2.05) is 18.2 Å². The van der Waals surface area contributed by atoms with Crippen LogP contribution < -0.4 is 9.47 Å². The molecule has 0 bridgehead atoms. The van der Waals surface area contributed by atoms with E-state index in [2.05, 4.69) is 11.9 Å². The SMILES string of the molecule is CCCCCOc1c(OC)cccc1-c1nc(CC(=O)O)cs1. The van der Waals surface area contributed by atoms with Crippen molar-refractivity contribution in [2.24, 2.45) is 0 Å². The number of ether oxygens (including phenoxy) is 2. The van der Waals surface area contributed by atoms with Gasteiger partial charge in [0.05, 0.1) is 31.4 Å². The van der Waals surface area contributed by atoms with E-state index in [9.17, 15) is 4.79 Å². The van der Waals surface area contributed by atoms with Gasteiger partial charge in [0.15, 0.2) is 11.5 Å². The predicted molar refractivity (Wildman–Crippen MR) is 90.5 cm³/mol. The van der Waals surface area contributed by atoms with Gasteiger partial charge in [-0.05, 0) is 18.6 Å². The number of carboxylic acids is 1. The summed E-state index contributed by atoms with van der Waals surface area (Å²) < 4.78 is 11.3. The summed E-state index contributed by atoms with van der Waals surface area (Å²) in [6.45, 7) is 2.77. The quantitative estimate of drug-likeness (QED) is 0.701. The van der Waals surface area contributed by atoms with Gasteiger partial charge in [-0.15, -0.1) is 11.3 Å². The van der Waals surface area contributed by atoms with Gasteiger partial charge in [-0.2, -0.15) is 0 Å². The van der Waals surface area contributed by atoms with E-state index >= 15 is 0 Å². The number of rotatable bonds is 9. The molecule has 1 aromatic heterocycles. The third kappa shape index (κ3) is 4.69. The number of carbonyl (C=O) groups is 1. The third-order valence-corrected chi connectivity index (χ3v) is 4.23. The highest BCUT2D eigenvalue weighted by molar-refractivity contribution is 7.13. The van der Waals surface area contributed by atoms with Gasteiger partial charge in [0, 0.05) is 5.38 Å². The second kappa shape index (κ2) is 8.53. The van der Waals surface area contributed by atoms with Crippen LogP contribution in [0.4, 0.5) is 0 Å². The van der Waals surface area contributed by atoms with Gasteiger partial charge in [-0.1, -0.05) is 25.8 Å². The Labute approximate surface area is 139 Å². The van der Waals surface area contributed by atoms with Crippen LogP contribution in [-0.4, -0.2) is 29.8 Å². The summed E-state index contributed by atoms with van der Waals surface area (Å²) in [5.41, 5.74) is 1.39. The molecular formula is C17H21NO4S. The molecule has 0 saturated carbocycles. The lowest BCUT2D eigenvalue weighted by Gasteiger charge is -2.13. The molecule has 5 nitrogen and oxygen atoms in total. The fourth-order valence-electron chi connectivity index (χ4n) is 2.19. The molecule has 1 heterocycles. The van der Waals surface area contributed by atoms with E-state index < -0.39 is 5.97 Å². The smallest absolute Gasteiger partial charge is 0.309 e. The lowest BCUT2D eigenvalue weighted by Crippen LogP contribution is -2.02. The van der Waals surface area contributed by atoms with Crippen LogP contribution >= 0.6 is 11.3 Å². The highest BCUT2D eigenvalue weighted by Gasteiger charge is 2.16. The van der Waals surface area contributed by atoms with Crippen molar-refractivity contribution in [3.05, 3.63) is 29.3 Å². The van der Waals surface area contributed by atoms with Crippen LogP contribution in [0.15, 0.2) is 23.6 Å². The molecule has 0 atom stereocenters. The number of benzene rings is 1. The van der Waals surface area contributed by atoms with Crippen LogP contribution in [0.2, 0.25) is 0 Å². The number of hydrogen-bond acceptors (Lipinski definition) is 5. The Morgan fingerprint density at radius 3 is 2.87 bits per heavy atom. The number of carboxylic acid groups (broad SMARTS) is 1. The zero-order valence-corrected chi connectivity index (χ0v) is 14.2. The van der Waals surface area contributed by atoms with Crippen LogP contribution in [0.25, 0.3) is 10.6 Å². The van der Waals surface area contributed by atoms with Gasteiger partial charge >= 0.3 is 5.97 Å². The number of hydrogen-bond donors (Lipinski definition) is 1. The summed E-state index contributed by atoms with van der Waals surface area (Å²) in [6, 6.07) is 5.65. The lowest BCUT2D eigenvalue weighted by molar-refractivity contribution is -0.136. The van der Waals surface area contributed by atoms with Crippen LogP contribution in [0.5, 0.6) is 11.5 Å². The molecule has 2 aromatic rings. The minimum Gasteiger partial charge on any atom is -0.493 e. The molecule has 0 radical (unpaired) electrons. The van der Waals surface area contributed by atoms with Crippen molar-refractivity contribution < 1.29 is 19.4 Å². The Morgan fingerprint density at radius 1 is 1.35 bits per heavy atom. The maximum absolute atomic E-state index is 10.8. The van der Waals surface area contributed by atoms with Crippen molar-refractivity contribution in [2.45, 2.75) is 32.6 Å². The van der Waals surface area contributed by atoms with Crippen molar-refractivity contribution in [3.8, 4) is 22.1 Å². The minimum absolute atomic E-state index is 0.0762. The molecule has 0 aliphatic rings. The van der Waals surface area contributed by atoms with Crippen LogP contribution in [0, 0.1) is 0 Å². The van der Waals surface area contributed by atoms with Gasteiger partial charge < -0.3 is 14.6 Å². The molecule has 1 N–H and O–H groups in total. The van der Waals surface area contributed by atoms with E-state index in [1.54, 1.807) is 12.5 Å². The van der Waals surface area contributed by atoms with Crippen molar-refractivity contribution in [1.29, 1.82) is 0 Å². The monoisotopic (exact) mass is 335 g/mol. The molecule has 124 valence electrons. The number of para-hydroxylation sites is 1. The number of thiazole rings is 1. The fraction of sp³-hybridized carbons (Fsp3) is 0.412. The van der Waals surface area contributed by atoms with Crippen molar-refractivity contribution in [1.82, 2.24) is 4.98 Å². The highest BCUT2D eigenvalue weighted by Crippen LogP contribution is 2.39. The first-order valence-electron chi connectivity index (χ1n) is 7.62. The van der Waals surface area contributed by atoms with Gasteiger partial charge in [-0.25, -0.2) is 4.98 Å². The Balaban J connectivity index is 2.26. The molecule has 1 aromatic carbocycles. The van der Waals surface area contributed by atoms with E-state index in [-0.39, 0.29) is 6.42 Å². The van der Waals surface area contributed by atoms with Crippen molar-refractivity contribution >= 4 is 17.3 Å². The predicted octanol–water partition coefficient (Wildman–Crippen LogP) is 4.01. The minimum atomic E-state index is -0.886. The van der Waals surface area contributed by atoms with Crippen LogP contribution in [0.1, 0.15) is 31.9 Å². The van der Waals surface area contributed by atoms with Crippen LogP contribution in [0.3, 0.4) is 0 Å². The van der Waals surface area contributed by atoms with Crippen molar-refractivity contribution in [2.75, 3.05) is 13.7 Å². The molecule has 0 unspecified atom stereocenters. The number of methoxy groups -OCH3 is 1. The highest BCUT2D eigenvalue weighted by atomic mass is 32.1. The number of unbranched alkanes of at least 4 members (excludes halogenated alkanes) is 2. The lowest BCUT2D eigenvalue weighted by atomic mass is 10.2. The Bertz CT molecular complexity index is 654. The second-order valence-electron chi connectivity index (χ2n) is 5.11. The Morgan fingerprint density at radius 2 is 2.17 bits per heavy atom. The Kier molecular flexibility index (Phi) is 6.40. The molecule has 0 aliphatic heterocycles. The summed E-state index contributed by atoms with van der Waals surface area (Å²) in [5, 5.41) is 11.4. The first-order valence-corrected chi connectivity index (χ1v) is 8.50. The topological polar surface area (TPSA) is 68.7 Å². The standard InChI is InChI=1S/C17H21NO4S/c1-3-4-5-9-22-16-13(7-6-8-14(16)21-2)17-18-12(11-23-17)10-15(19)20/h6-8,11H,3-5,9-10H2,1-2H3,(H,19,20). The van der Waals surface area contributed by atoms with E-state index in [0.29, 0.717) is 23.8 Å². The maximum atomic E-state index is 10.8. The first kappa shape index (κ1) is 17.3. The Hall–Kier alpha value is -2.08. The van der Waals surface area contributed by atoms with Gasteiger partial charge in [0.25, 0.3) is 0 Å². The summed E-state index contributed by atoms with van der Waals surface area (Å²) in [4.78, 5) is 15.2. The molecule has 6 heteroatoms. The van der Waals surface area contributed by atoms with E-state index in [1.165, 1.54) is 11.3 Å². The van der Waals surface area contributed by atoms with E-state index in [0.717, 1.165) is 29.8 Å². The number of aliphatic carboxylic acids is 1. The normalized spacial score (nSPS) is 10.5. The molecule has 0 amide bonds. The molecule has 0 aliphatic carbocycles. The third-order valence-electron chi connectivity index (χ3n) is 3.31.